The molecule has 4 heteroatoms. The third-order valence-electron chi connectivity index (χ3n) is 4.67. The molecule has 0 N–H and O–H groups in total. The number of esters is 1. The third kappa shape index (κ3) is 7.06. The topological polar surface area (TPSA) is 44.8 Å². The molecule has 0 aliphatic rings. The monoisotopic (exact) mass is 370 g/mol. The number of benzene rings is 2. The number of rotatable bonds is 11. The summed E-state index contributed by atoms with van der Waals surface area (Å²) in [7, 11) is 1.38. The van der Waals surface area contributed by atoms with Crippen molar-refractivity contribution in [3.05, 3.63) is 65.7 Å². The van der Waals surface area contributed by atoms with E-state index in [9.17, 15) is 4.79 Å². The second-order valence-corrected chi connectivity index (χ2v) is 6.63. The third-order valence-corrected chi connectivity index (χ3v) is 4.67. The second-order valence-electron chi connectivity index (χ2n) is 6.63. The molecule has 2 aromatic rings. The van der Waals surface area contributed by atoms with Crippen molar-refractivity contribution in [1.29, 1.82) is 0 Å². The van der Waals surface area contributed by atoms with Crippen molar-refractivity contribution in [3.63, 3.8) is 0 Å². The lowest BCUT2D eigenvalue weighted by molar-refractivity contribution is -0.152. The van der Waals surface area contributed by atoms with Crippen molar-refractivity contribution >= 4 is 5.97 Å². The molecule has 27 heavy (non-hydrogen) atoms. The first-order valence-corrected chi connectivity index (χ1v) is 9.60. The molecular formula is C23H30O4. The summed E-state index contributed by atoms with van der Waals surface area (Å²) < 4.78 is 16.2. The Hall–Kier alpha value is -2.33. The summed E-state index contributed by atoms with van der Waals surface area (Å²) in [5.74, 6) is 1.01. The van der Waals surface area contributed by atoms with Crippen LogP contribution < -0.4 is 4.74 Å². The largest absolute Gasteiger partial charge is 0.489 e. The molecule has 2 rings (SSSR count). The summed E-state index contributed by atoms with van der Waals surface area (Å²) in [6.07, 6.45) is 2.45. The summed E-state index contributed by atoms with van der Waals surface area (Å²) in [5.41, 5.74) is 2.44. The maximum atomic E-state index is 11.4. The highest BCUT2D eigenvalue weighted by molar-refractivity contribution is 5.73. The predicted octanol–water partition coefficient (Wildman–Crippen LogP) is 5.12. The zero-order valence-corrected chi connectivity index (χ0v) is 16.5. The molecule has 2 aromatic carbocycles. The van der Waals surface area contributed by atoms with Crippen LogP contribution in [0.25, 0.3) is 0 Å². The Morgan fingerprint density at radius 2 is 1.85 bits per heavy atom. The molecule has 0 amide bonds. The lowest BCUT2D eigenvalue weighted by atomic mass is 9.92. The van der Waals surface area contributed by atoms with E-state index in [1.807, 2.05) is 30.3 Å². The number of methoxy groups -OCH3 is 1. The molecule has 2 atom stereocenters. The first-order chi connectivity index (χ1) is 13.1. The first kappa shape index (κ1) is 21.0. The van der Waals surface area contributed by atoms with Gasteiger partial charge in [-0.1, -0.05) is 49.4 Å². The van der Waals surface area contributed by atoms with Crippen LogP contribution >= 0.6 is 0 Å². The average molecular weight is 370 g/mol. The van der Waals surface area contributed by atoms with Gasteiger partial charge in [-0.15, -0.1) is 0 Å². The minimum Gasteiger partial charge on any atom is -0.489 e. The van der Waals surface area contributed by atoms with Crippen LogP contribution in [0.4, 0.5) is 0 Å². The molecule has 146 valence electrons. The van der Waals surface area contributed by atoms with E-state index >= 15 is 0 Å². The van der Waals surface area contributed by atoms with Crippen LogP contribution in [0, 0.1) is 0 Å². The number of hydrogen-bond donors (Lipinski definition) is 0. The number of hydrogen-bond acceptors (Lipinski definition) is 4. The number of ether oxygens (including phenoxy) is 3. The number of carbonyl (C=O) groups excluding carboxylic acids is 1. The summed E-state index contributed by atoms with van der Waals surface area (Å²) in [6.45, 7) is 5.04. The van der Waals surface area contributed by atoms with Gasteiger partial charge >= 0.3 is 5.97 Å². The van der Waals surface area contributed by atoms with E-state index in [-0.39, 0.29) is 5.97 Å². The molecule has 4 nitrogen and oxygen atoms in total. The van der Waals surface area contributed by atoms with Crippen LogP contribution in [0.5, 0.6) is 5.75 Å². The van der Waals surface area contributed by atoms with Crippen LogP contribution in [0.2, 0.25) is 0 Å². The van der Waals surface area contributed by atoms with E-state index in [4.69, 9.17) is 9.47 Å². The number of carbonyl (C=O) groups is 1. The van der Waals surface area contributed by atoms with Crippen LogP contribution in [0.15, 0.2) is 54.6 Å². The summed E-state index contributed by atoms with van der Waals surface area (Å²) in [4.78, 5) is 11.4. The minimum atomic E-state index is -0.509. The molecule has 0 radical (unpaired) electrons. The Bertz CT molecular complexity index is 684. The molecule has 0 bridgehead atoms. The van der Waals surface area contributed by atoms with Crippen LogP contribution in [0.3, 0.4) is 0 Å². The van der Waals surface area contributed by atoms with Crippen LogP contribution in [-0.4, -0.2) is 25.8 Å². The SMILES string of the molecule is CCC(CCCOC(C)C(=O)OC)c1cccc(OCc2ccccc2)c1. The highest BCUT2D eigenvalue weighted by atomic mass is 16.6. The smallest absolute Gasteiger partial charge is 0.334 e. The van der Waals surface area contributed by atoms with Gasteiger partial charge in [-0.3, -0.25) is 0 Å². The maximum absolute atomic E-state index is 11.4. The van der Waals surface area contributed by atoms with Crippen molar-refractivity contribution in [1.82, 2.24) is 0 Å². The molecule has 0 saturated heterocycles. The Balaban J connectivity index is 1.84. The Morgan fingerprint density at radius 3 is 2.56 bits per heavy atom. The Labute approximate surface area is 162 Å². The van der Waals surface area contributed by atoms with Gasteiger partial charge in [0.2, 0.25) is 0 Å². The molecule has 0 saturated carbocycles. The van der Waals surface area contributed by atoms with Gasteiger partial charge in [0.15, 0.2) is 6.10 Å². The van der Waals surface area contributed by atoms with E-state index in [1.54, 1.807) is 6.92 Å². The fourth-order valence-corrected chi connectivity index (χ4v) is 3.03. The van der Waals surface area contributed by atoms with Crippen molar-refractivity contribution in [2.75, 3.05) is 13.7 Å². The lowest BCUT2D eigenvalue weighted by Gasteiger charge is -2.17. The Morgan fingerprint density at radius 1 is 1.07 bits per heavy atom. The lowest BCUT2D eigenvalue weighted by Crippen LogP contribution is -2.22. The average Bonchev–Trinajstić information content (AvgIpc) is 2.72. The zero-order valence-electron chi connectivity index (χ0n) is 16.5. The van der Waals surface area contributed by atoms with E-state index < -0.39 is 6.10 Å². The highest BCUT2D eigenvalue weighted by Crippen LogP contribution is 2.28. The summed E-state index contributed by atoms with van der Waals surface area (Å²) in [5, 5.41) is 0. The van der Waals surface area contributed by atoms with Gasteiger partial charge in [-0.05, 0) is 55.4 Å². The van der Waals surface area contributed by atoms with Crippen molar-refractivity contribution in [2.24, 2.45) is 0 Å². The molecule has 0 heterocycles. The van der Waals surface area contributed by atoms with E-state index in [1.165, 1.54) is 12.7 Å². The standard InChI is InChI=1S/C23H30O4/c1-4-20(13-9-15-26-18(2)23(24)25-3)21-12-8-14-22(16-21)27-17-19-10-6-5-7-11-19/h5-8,10-12,14,16,18,20H,4,9,13,15,17H2,1-3H3. The molecule has 0 spiro atoms. The van der Waals surface area contributed by atoms with Gasteiger partial charge in [-0.25, -0.2) is 4.79 Å². The molecule has 0 fully saturated rings. The van der Waals surface area contributed by atoms with Crippen molar-refractivity contribution in [3.8, 4) is 5.75 Å². The normalized spacial score (nSPS) is 13.0. The highest BCUT2D eigenvalue weighted by Gasteiger charge is 2.14. The van der Waals surface area contributed by atoms with Gasteiger partial charge in [-0.2, -0.15) is 0 Å². The predicted molar refractivity (Wildman–Crippen MR) is 107 cm³/mol. The summed E-state index contributed by atoms with van der Waals surface area (Å²) in [6, 6.07) is 18.5. The second kappa shape index (κ2) is 11.4. The maximum Gasteiger partial charge on any atom is 0.334 e. The fourth-order valence-electron chi connectivity index (χ4n) is 3.03. The van der Waals surface area contributed by atoms with Crippen LogP contribution in [-0.2, 0) is 20.9 Å². The molecule has 0 aliphatic heterocycles. The zero-order chi connectivity index (χ0) is 19.5. The van der Waals surface area contributed by atoms with Crippen molar-refractivity contribution in [2.45, 2.75) is 51.7 Å². The molecule has 2 unspecified atom stereocenters. The molecule has 0 aliphatic carbocycles. The molecular weight excluding hydrogens is 340 g/mol. The van der Waals surface area contributed by atoms with Gasteiger partial charge in [0.1, 0.15) is 12.4 Å². The fraction of sp³-hybridized carbons (Fsp3) is 0.435. The van der Waals surface area contributed by atoms with Crippen LogP contribution in [0.1, 0.15) is 50.2 Å². The quantitative estimate of drug-likeness (QED) is 0.407. The van der Waals surface area contributed by atoms with Crippen molar-refractivity contribution < 1.29 is 19.0 Å². The van der Waals surface area contributed by atoms with E-state index in [0.717, 1.165) is 30.6 Å². The van der Waals surface area contributed by atoms with E-state index in [2.05, 4.69) is 35.9 Å². The van der Waals surface area contributed by atoms with Gasteiger partial charge in [0.25, 0.3) is 0 Å². The Kier molecular flexibility index (Phi) is 8.85. The minimum absolute atomic E-state index is 0.328. The van der Waals surface area contributed by atoms with Gasteiger partial charge in [0, 0.05) is 6.61 Å². The summed E-state index contributed by atoms with van der Waals surface area (Å²) >= 11 is 0. The first-order valence-electron chi connectivity index (χ1n) is 9.60. The van der Waals surface area contributed by atoms with Gasteiger partial charge < -0.3 is 14.2 Å². The molecule has 0 aromatic heterocycles. The van der Waals surface area contributed by atoms with E-state index in [0.29, 0.717) is 19.1 Å². The van der Waals surface area contributed by atoms with Gasteiger partial charge in [0.05, 0.1) is 7.11 Å².